The van der Waals surface area contributed by atoms with E-state index >= 15 is 0 Å². The van der Waals surface area contributed by atoms with E-state index in [1.54, 1.807) is 12.1 Å². The Labute approximate surface area is 165 Å². The van der Waals surface area contributed by atoms with Gasteiger partial charge in [-0.3, -0.25) is 10.1 Å². The maximum absolute atomic E-state index is 10.8. The summed E-state index contributed by atoms with van der Waals surface area (Å²) in [6, 6.07) is 16.5. The van der Waals surface area contributed by atoms with Crippen LogP contribution in [-0.4, -0.2) is 41.5 Å². The number of nitro benzene ring substituents is 1. The van der Waals surface area contributed by atoms with Crippen LogP contribution in [0.3, 0.4) is 0 Å². The lowest BCUT2D eigenvalue weighted by atomic mass is 10.1. The third-order valence-electron chi connectivity index (χ3n) is 4.68. The minimum Gasteiger partial charge on any atom is -0.490 e. The number of nitrogens with zero attached hydrogens (tertiary/aromatic N) is 3. The lowest BCUT2D eigenvalue weighted by Crippen LogP contribution is -2.47. The molecule has 1 saturated heterocycles. The van der Waals surface area contributed by atoms with Gasteiger partial charge < -0.3 is 15.0 Å². The minimum absolute atomic E-state index is 0.0973. The van der Waals surface area contributed by atoms with Crippen molar-refractivity contribution in [1.29, 1.82) is 0 Å². The van der Waals surface area contributed by atoms with Crippen molar-refractivity contribution in [1.82, 2.24) is 10.2 Å². The quantitative estimate of drug-likeness (QED) is 0.357. The first kappa shape index (κ1) is 19.7. The maximum Gasteiger partial charge on any atom is 0.269 e. The summed E-state index contributed by atoms with van der Waals surface area (Å²) in [7, 11) is 0. The molecule has 28 heavy (non-hydrogen) atoms. The first-order chi connectivity index (χ1) is 13.7. The molecule has 1 aliphatic heterocycles. The average Bonchev–Trinajstić information content (AvgIpc) is 2.73. The molecule has 1 fully saturated rings. The highest BCUT2D eigenvalue weighted by Crippen LogP contribution is 2.19. The SMILES string of the molecule is CCNC(=NCc1ccc([N+](=O)[O-])cc1)N1CCC(Oc2ccccc2)CC1. The number of guanidine groups is 1. The van der Waals surface area contributed by atoms with Gasteiger partial charge in [0, 0.05) is 44.6 Å². The summed E-state index contributed by atoms with van der Waals surface area (Å²) in [5.41, 5.74) is 1.04. The summed E-state index contributed by atoms with van der Waals surface area (Å²) in [4.78, 5) is 17.3. The molecular formula is C21H26N4O3. The van der Waals surface area contributed by atoms with Crippen molar-refractivity contribution in [2.24, 2.45) is 4.99 Å². The lowest BCUT2D eigenvalue weighted by Gasteiger charge is -2.34. The maximum atomic E-state index is 10.8. The summed E-state index contributed by atoms with van der Waals surface area (Å²) >= 11 is 0. The summed E-state index contributed by atoms with van der Waals surface area (Å²) in [5, 5.41) is 14.1. The molecule has 0 saturated carbocycles. The molecule has 7 nitrogen and oxygen atoms in total. The van der Waals surface area contributed by atoms with Crippen LogP contribution in [0.25, 0.3) is 0 Å². The Kier molecular flexibility index (Phi) is 6.84. The molecule has 1 N–H and O–H groups in total. The minimum atomic E-state index is -0.390. The number of nitrogens with one attached hydrogen (secondary N) is 1. The van der Waals surface area contributed by atoms with Gasteiger partial charge >= 0.3 is 0 Å². The normalized spacial score (nSPS) is 15.3. The Morgan fingerprint density at radius 3 is 2.46 bits per heavy atom. The van der Waals surface area contributed by atoms with Crippen LogP contribution in [0, 0.1) is 10.1 Å². The van der Waals surface area contributed by atoms with E-state index < -0.39 is 4.92 Å². The van der Waals surface area contributed by atoms with Gasteiger partial charge in [-0.1, -0.05) is 30.3 Å². The van der Waals surface area contributed by atoms with Crippen molar-refractivity contribution in [2.75, 3.05) is 19.6 Å². The van der Waals surface area contributed by atoms with Crippen LogP contribution in [0.2, 0.25) is 0 Å². The number of non-ortho nitro benzene ring substituents is 1. The molecule has 2 aromatic rings. The fourth-order valence-corrected chi connectivity index (χ4v) is 3.19. The van der Waals surface area contributed by atoms with Crippen molar-refractivity contribution < 1.29 is 9.66 Å². The van der Waals surface area contributed by atoms with E-state index in [1.807, 2.05) is 37.3 Å². The topological polar surface area (TPSA) is 80.0 Å². The zero-order valence-electron chi connectivity index (χ0n) is 16.1. The Bertz CT molecular complexity index is 785. The molecule has 0 amide bonds. The second-order valence-corrected chi connectivity index (χ2v) is 6.71. The van der Waals surface area contributed by atoms with Crippen molar-refractivity contribution >= 4 is 11.6 Å². The smallest absolute Gasteiger partial charge is 0.269 e. The van der Waals surface area contributed by atoms with E-state index in [2.05, 4.69) is 10.2 Å². The van der Waals surface area contributed by atoms with Gasteiger partial charge in [0.1, 0.15) is 11.9 Å². The Morgan fingerprint density at radius 1 is 1.18 bits per heavy atom. The molecule has 2 aromatic carbocycles. The lowest BCUT2D eigenvalue weighted by molar-refractivity contribution is -0.384. The third kappa shape index (κ3) is 5.45. The number of hydrogen-bond acceptors (Lipinski definition) is 4. The standard InChI is InChI=1S/C21H26N4O3/c1-2-22-21(23-16-17-8-10-18(11-9-17)25(26)27)24-14-12-20(13-15-24)28-19-6-4-3-5-7-19/h3-11,20H,2,12-16H2,1H3,(H,22,23). The molecule has 0 radical (unpaired) electrons. The van der Waals surface area contributed by atoms with Gasteiger partial charge in [-0.2, -0.15) is 0 Å². The highest BCUT2D eigenvalue weighted by molar-refractivity contribution is 5.80. The number of hydrogen-bond donors (Lipinski definition) is 1. The Hall–Kier alpha value is -3.09. The largest absolute Gasteiger partial charge is 0.490 e. The molecule has 0 atom stereocenters. The molecule has 148 valence electrons. The highest BCUT2D eigenvalue weighted by atomic mass is 16.6. The fraction of sp³-hybridized carbons (Fsp3) is 0.381. The third-order valence-corrected chi connectivity index (χ3v) is 4.68. The number of piperidine rings is 1. The van der Waals surface area contributed by atoms with Gasteiger partial charge in [0.15, 0.2) is 5.96 Å². The number of para-hydroxylation sites is 1. The number of ether oxygens (including phenoxy) is 1. The number of likely N-dealkylation sites (tertiary alicyclic amines) is 1. The zero-order valence-corrected chi connectivity index (χ0v) is 16.1. The van der Waals surface area contributed by atoms with Gasteiger partial charge in [-0.15, -0.1) is 0 Å². The van der Waals surface area contributed by atoms with Crippen LogP contribution in [-0.2, 0) is 6.54 Å². The molecule has 0 unspecified atom stereocenters. The van der Waals surface area contributed by atoms with Crippen LogP contribution in [0.15, 0.2) is 59.6 Å². The number of nitro groups is 1. The van der Waals surface area contributed by atoms with E-state index in [4.69, 9.17) is 9.73 Å². The summed E-state index contributed by atoms with van der Waals surface area (Å²) < 4.78 is 6.06. The van der Waals surface area contributed by atoms with Gasteiger partial charge in [0.05, 0.1) is 11.5 Å². The summed E-state index contributed by atoms with van der Waals surface area (Å²) in [5.74, 6) is 1.79. The molecule has 7 heteroatoms. The van der Waals surface area contributed by atoms with E-state index in [-0.39, 0.29) is 11.8 Å². The predicted octanol–water partition coefficient (Wildman–Crippen LogP) is 3.60. The molecule has 0 aromatic heterocycles. The molecule has 1 heterocycles. The fourth-order valence-electron chi connectivity index (χ4n) is 3.19. The van der Waals surface area contributed by atoms with Gasteiger partial charge in [-0.25, -0.2) is 4.99 Å². The van der Waals surface area contributed by atoms with Crippen LogP contribution >= 0.6 is 0 Å². The second-order valence-electron chi connectivity index (χ2n) is 6.71. The summed E-state index contributed by atoms with van der Waals surface area (Å²) in [6.45, 7) is 5.08. The Balaban J connectivity index is 1.56. The molecule has 0 bridgehead atoms. The molecule has 3 rings (SSSR count). The van der Waals surface area contributed by atoms with Crippen molar-refractivity contribution in [3.63, 3.8) is 0 Å². The van der Waals surface area contributed by atoms with Gasteiger partial charge in [0.25, 0.3) is 5.69 Å². The highest BCUT2D eigenvalue weighted by Gasteiger charge is 2.22. The van der Waals surface area contributed by atoms with Gasteiger partial charge in [0.2, 0.25) is 0 Å². The molecule has 0 aliphatic carbocycles. The average molecular weight is 382 g/mol. The van der Waals surface area contributed by atoms with E-state index in [9.17, 15) is 10.1 Å². The van der Waals surface area contributed by atoms with E-state index in [0.717, 1.165) is 49.7 Å². The van der Waals surface area contributed by atoms with E-state index in [1.165, 1.54) is 12.1 Å². The molecule has 0 spiro atoms. The van der Waals surface area contributed by atoms with Gasteiger partial charge in [-0.05, 0) is 24.6 Å². The van der Waals surface area contributed by atoms with Crippen LogP contribution < -0.4 is 10.1 Å². The first-order valence-electron chi connectivity index (χ1n) is 9.64. The van der Waals surface area contributed by atoms with Crippen molar-refractivity contribution in [3.8, 4) is 5.75 Å². The zero-order chi connectivity index (χ0) is 19.8. The predicted molar refractivity (Wildman–Crippen MR) is 110 cm³/mol. The monoisotopic (exact) mass is 382 g/mol. The van der Waals surface area contributed by atoms with Crippen LogP contribution in [0.5, 0.6) is 5.75 Å². The number of aliphatic imine (C=N–C) groups is 1. The molecule has 1 aliphatic rings. The number of benzene rings is 2. The Morgan fingerprint density at radius 2 is 1.86 bits per heavy atom. The van der Waals surface area contributed by atoms with Crippen LogP contribution in [0.1, 0.15) is 25.3 Å². The van der Waals surface area contributed by atoms with Crippen molar-refractivity contribution in [2.45, 2.75) is 32.4 Å². The van der Waals surface area contributed by atoms with Crippen molar-refractivity contribution in [3.05, 3.63) is 70.3 Å². The number of rotatable bonds is 6. The summed E-state index contributed by atoms with van der Waals surface area (Å²) in [6.07, 6.45) is 2.10. The van der Waals surface area contributed by atoms with Crippen LogP contribution in [0.4, 0.5) is 5.69 Å². The molecular weight excluding hydrogens is 356 g/mol. The first-order valence-corrected chi connectivity index (χ1v) is 9.64. The second kappa shape index (κ2) is 9.73. The van der Waals surface area contributed by atoms with E-state index in [0.29, 0.717) is 6.54 Å².